The number of hydrogen-bond donors (Lipinski definition) is 0. The molecular weight excluding hydrogens is 366 g/mol. The molecule has 0 spiro atoms. The van der Waals surface area contributed by atoms with Gasteiger partial charge in [0, 0.05) is 5.92 Å². The largest absolute Gasteiger partial charge is 0.535 e. The van der Waals surface area contributed by atoms with Crippen LogP contribution in [-0.2, 0) is 4.74 Å². The topological polar surface area (TPSA) is 66.2 Å². The molecule has 1 unspecified atom stereocenters. The van der Waals surface area contributed by atoms with E-state index in [1.165, 1.54) is 0 Å². The van der Waals surface area contributed by atoms with Crippen LogP contribution in [0.15, 0.2) is 96.2 Å². The molecule has 0 bridgehead atoms. The van der Waals surface area contributed by atoms with Crippen molar-refractivity contribution in [2.45, 2.75) is 13.8 Å². The maximum Gasteiger partial charge on any atom is 0.535 e. The van der Waals surface area contributed by atoms with Crippen molar-refractivity contribution < 1.29 is 14.4 Å². The first-order valence-electron chi connectivity index (χ1n) is 9.29. The Balaban J connectivity index is 1.78. The van der Waals surface area contributed by atoms with Gasteiger partial charge in [0.25, 0.3) is 0 Å². The van der Waals surface area contributed by atoms with E-state index in [1.54, 1.807) is 24.3 Å². The van der Waals surface area contributed by atoms with Gasteiger partial charge in [-0.25, -0.2) is 4.79 Å². The van der Waals surface area contributed by atoms with Crippen LogP contribution < -0.4 is 4.84 Å². The Morgan fingerprint density at radius 3 is 2.31 bits per heavy atom. The molecule has 1 atom stereocenters. The summed E-state index contributed by atoms with van der Waals surface area (Å²) in [6.45, 7) is 11.7. The lowest BCUT2D eigenvalue weighted by Crippen LogP contribution is -2.24. The second kappa shape index (κ2) is 9.01. The second-order valence-electron chi connectivity index (χ2n) is 6.28. The molecule has 0 radical (unpaired) electrons. The van der Waals surface area contributed by atoms with Crippen molar-refractivity contribution in [2.75, 3.05) is 6.61 Å². The molecule has 29 heavy (non-hydrogen) atoms. The average Bonchev–Trinajstić information content (AvgIpc) is 3.26. The molecule has 1 aliphatic rings. The summed E-state index contributed by atoms with van der Waals surface area (Å²) in [5.74, 6) is -0.109. The van der Waals surface area contributed by atoms with Crippen LogP contribution in [0.5, 0.6) is 0 Å². The summed E-state index contributed by atoms with van der Waals surface area (Å²) in [5.41, 5.74) is 5.41. The Morgan fingerprint density at radius 1 is 1.10 bits per heavy atom. The predicted molar refractivity (Wildman–Crippen MR) is 113 cm³/mol. The zero-order valence-corrected chi connectivity index (χ0v) is 16.5. The van der Waals surface area contributed by atoms with Crippen molar-refractivity contribution in [3.8, 4) is 0 Å². The molecule has 6 heteroatoms. The molecule has 1 fully saturated rings. The SMILES string of the molecule is C=CC=C1/C(=C\C)C(COC(=O)On2nnc3ccccc32)C(=C/C)/C1=C\C=C. The van der Waals surface area contributed by atoms with Gasteiger partial charge in [0.15, 0.2) is 0 Å². The summed E-state index contributed by atoms with van der Waals surface area (Å²) in [4.78, 5) is 18.5. The van der Waals surface area contributed by atoms with E-state index in [4.69, 9.17) is 9.57 Å². The molecule has 0 amide bonds. The van der Waals surface area contributed by atoms with E-state index in [2.05, 4.69) is 23.5 Å². The Morgan fingerprint density at radius 2 is 1.72 bits per heavy atom. The van der Waals surface area contributed by atoms with Crippen LogP contribution in [0.3, 0.4) is 0 Å². The Hall–Kier alpha value is -3.67. The highest BCUT2D eigenvalue weighted by molar-refractivity contribution is 5.74. The molecule has 1 aliphatic carbocycles. The van der Waals surface area contributed by atoms with Crippen LogP contribution in [0.4, 0.5) is 4.79 Å². The lowest BCUT2D eigenvalue weighted by molar-refractivity contribution is 0.0358. The monoisotopic (exact) mass is 389 g/mol. The maximum absolute atomic E-state index is 12.3. The van der Waals surface area contributed by atoms with Crippen molar-refractivity contribution >= 4 is 17.2 Å². The molecule has 0 N–H and O–H groups in total. The summed E-state index contributed by atoms with van der Waals surface area (Å²) >= 11 is 0. The van der Waals surface area contributed by atoms with Crippen molar-refractivity contribution in [3.63, 3.8) is 0 Å². The fraction of sp³-hybridized carbons (Fsp3) is 0.174. The van der Waals surface area contributed by atoms with E-state index in [-0.39, 0.29) is 12.5 Å². The highest BCUT2D eigenvalue weighted by Crippen LogP contribution is 2.45. The summed E-state index contributed by atoms with van der Waals surface area (Å²) in [5, 5.41) is 7.78. The number of carbonyl (C=O) groups excluding carboxylic acids is 1. The molecule has 6 nitrogen and oxygen atoms in total. The quantitative estimate of drug-likeness (QED) is 0.546. The smallest absolute Gasteiger partial charge is 0.432 e. The summed E-state index contributed by atoms with van der Waals surface area (Å²) in [7, 11) is 0. The minimum absolute atomic E-state index is 0.109. The van der Waals surface area contributed by atoms with Gasteiger partial charge in [-0.1, -0.05) is 66.6 Å². The number of aromatic nitrogens is 3. The first-order chi connectivity index (χ1) is 14.1. The third kappa shape index (κ3) is 3.96. The number of ether oxygens (including phenoxy) is 1. The summed E-state index contributed by atoms with van der Waals surface area (Å²) < 4.78 is 5.43. The van der Waals surface area contributed by atoms with Crippen molar-refractivity contribution in [2.24, 2.45) is 5.92 Å². The molecule has 0 aliphatic heterocycles. The van der Waals surface area contributed by atoms with Crippen LogP contribution in [-0.4, -0.2) is 27.9 Å². The summed E-state index contributed by atoms with van der Waals surface area (Å²) in [6, 6.07) is 7.18. The third-order valence-corrected chi connectivity index (χ3v) is 4.70. The van der Waals surface area contributed by atoms with Gasteiger partial charge in [0.05, 0.1) is 0 Å². The number of para-hydroxylation sites is 1. The van der Waals surface area contributed by atoms with Crippen LogP contribution in [0, 0.1) is 5.92 Å². The van der Waals surface area contributed by atoms with Gasteiger partial charge in [0.1, 0.15) is 17.6 Å². The standard InChI is InChI=1S/C23H23N3O3/c1-5-11-18-16(7-3)20(17(8-4)19(18)12-6-2)15-28-23(27)29-26-22-14-10-9-13-21(22)24-25-26/h5-14,20H,1-2,15H2,3-4H3/b16-7+,17-8+,18-11+,19-12?. The normalized spacial score (nSPS) is 21.9. The molecule has 3 rings (SSSR count). The van der Waals surface area contributed by atoms with E-state index in [1.807, 2.05) is 50.3 Å². The van der Waals surface area contributed by atoms with E-state index in [0.717, 1.165) is 27.1 Å². The lowest BCUT2D eigenvalue weighted by Gasteiger charge is -2.14. The predicted octanol–water partition coefficient (Wildman–Crippen LogP) is 4.74. The average molecular weight is 389 g/mol. The third-order valence-electron chi connectivity index (χ3n) is 4.70. The Kier molecular flexibility index (Phi) is 6.24. The minimum Gasteiger partial charge on any atom is -0.432 e. The molecule has 1 aromatic heterocycles. The van der Waals surface area contributed by atoms with Gasteiger partial charge in [0.2, 0.25) is 0 Å². The van der Waals surface area contributed by atoms with Gasteiger partial charge < -0.3 is 4.74 Å². The molecule has 148 valence electrons. The first kappa shape index (κ1) is 20.1. The molecule has 0 saturated heterocycles. The highest BCUT2D eigenvalue weighted by atomic mass is 16.8. The molecule has 1 saturated carbocycles. The number of hydrogen-bond acceptors (Lipinski definition) is 5. The fourth-order valence-electron chi connectivity index (χ4n) is 3.52. The van der Waals surface area contributed by atoms with E-state index < -0.39 is 6.16 Å². The van der Waals surface area contributed by atoms with E-state index >= 15 is 0 Å². The number of nitrogens with zero attached hydrogens (tertiary/aromatic N) is 3. The van der Waals surface area contributed by atoms with Crippen LogP contribution in [0.25, 0.3) is 11.0 Å². The number of fused-ring (bicyclic) bond motifs is 1. The molecule has 2 aromatic rings. The minimum atomic E-state index is -0.845. The number of benzene rings is 1. The highest BCUT2D eigenvalue weighted by Gasteiger charge is 2.34. The first-order valence-corrected chi connectivity index (χ1v) is 9.29. The molecule has 1 heterocycles. The number of carbonyl (C=O) groups is 1. The fourth-order valence-corrected chi connectivity index (χ4v) is 3.52. The zero-order chi connectivity index (χ0) is 20.8. The van der Waals surface area contributed by atoms with Crippen LogP contribution in [0.1, 0.15) is 13.8 Å². The van der Waals surface area contributed by atoms with Gasteiger partial charge >= 0.3 is 6.16 Å². The van der Waals surface area contributed by atoms with Crippen molar-refractivity contribution in [1.29, 1.82) is 0 Å². The Bertz CT molecular complexity index is 1030. The van der Waals surface area contributed by atoms with Gasteiger partial charge in [-0.15, -0.1) is 5.10 Å². The van der Waals surface area contributed by atoms with E-state index in [0.29, 0.717) is 11.0 Å². The second-order valence-corrected chi connectivity index (χ2v) is 6.28. The maximum atomic E-state index is 12.3. The van der Waals surface area contributed by atoms with Crippen LogP contribution >= 0.6 is 0 Å². The van der Waals surface area contributed by atoms with Crippen molar-refractivity contribution in [3.05, 3.63) is 96.2 Å². The van der Waals surface area contributed by atoms with Gasteiger partial charge in [-0.05, 0) is 53.5 Å². The zero-order valence-electron chi connectivity index (χ0n) is 16.5. The van der Waals surface area contributed by atoms with E-state index in [9.17, 15) is 4.79 Å². The summed E-state index contributed by atoms with van der Waals surface area (Å²) in [6.07, 6.45) is 10.6. The molecule has 1 aromatic carbocycles. The van der Waals surface area contributed by atoms with Gasteiger partial charge in [-0.2, -0.15) is 0 Å². The van der Waals surface area contributed by atoms with Crippen LogP contribution in [0.2, 0.25) is 0 Å². The van der Waals surface area contributed by atoms with Gasteiger partial charge in [-0.3, -0.25) is 4.84 Å². The molecular formula is C23H23N3O3. The van der Waals surface area contributed by atoms with Crippen molar-refractivity contribution in [1.82, 2.24) is 15.2 Å². The number of rotatable bonds is 5. The lowest BCUT2D eigenvalue weighted by atomic mass is 9.98. The number of allylic oxidation sites excluding steroid dienone is 8. The Labute approximate surface area is 169 Å².